The van der Waals surface area contributed by atoms with Crippen LogP contribution in [0.3, 0.4) is 0 Å². The van der Waals surface area contributed by atoms with E-state index in [1.54, 1.807) is 12.1 Å². The first-order valence-electron chi connectivity index (χ1n) is 5.42. The molecule has 94 valence electrons. The highest BCUT2D eigenvalue weighted by Gasteiger charge is 2.10. The lowest BCUT2D eigenvalue weighted by Gasteiger charge is -2.06. The number of aryl methyl sites for hydroxylation is 1. The Balaban J connectivity index is 2.24. The third-order valence-electron chi connectivity index (χ3n) is 2.45. The Hall–Kier alpha value is -1.20. The van der Waals surface area contributed by atoms with E-state index < -0.39 is 10.8 Å². The summed E-state index contributed by atoms with van der Waals surface area (Å²) in [5.74, 6) is 0.377. The summed E-state index contributed by atoms with van der Waals surface area (Å²) < 4.78 is 13.1. The first-order valence-corrected chi connectivity index (χ1v) is 7.53. The van der Waals surface area contributed by atoms with E-state index in [4.69, 9.17) is 5.73 Å². The van der Waals surface area contributed by atoms with Gasteiger partial charge in [0.05, 0.1) is 27.1 Å². The molecule has 0 saturated heterocycles. The van der Waals surface area contributed by atoms with Crippen molar-refractivity contribution in [2.75, 3.05) is 5.73 Å². The molecule has 0 fully saturated rings. The van der Waals surface area contributed by atoms with Crippen LogP contribution in [-0.4, -0.2) is 9.19 Å². The second-order valence-corrected chi connectivity index (χ2v) is 6.28. The number of anilines is 1. The molecule has 0 aliphatic heterocycles. The third kappa shape index (κ3) is 3.17. The molecule has 1 aromatic carbocycles. The van der Waals surface area contributed by atoms with Crippen LogP contribution in [0, 0.1) is 6.92 Å². The number of nitrogens with zero attached hydrogens (tertiary/aromatic N) is 1. The molecular formula is C13H13BrN2OS. The minimum Gasteiger partial charge on any atom is -0.398 e. The maximum Gasteiger partial charge on any atom is 0.0706 e. The summed E-state index contributed by atoms with van der Waals surface area (Å²) in [6, 6.07) is 11.1. The largest absolute Gasteiger partial charge is 0.398 e. The number of halogens is 1. The van der Waals surface area contributed by atoms with Crippen molar-refractivity contribution in [2.24, 2.45) is 0 Å². The summed E-state index contributed by atoms with van der Waals surface area (Å²) >= 11 is 3.36. The maximum atomic E-state index is 12.3. The van der Waals surface area contributed by atoms with E-state index in [1.165, 1.54) is 0 Å². The molecule has 18 heavy (non-hydrogen) atoms. The summed E-state index contributed by atoms with van der Waals surface area (Å²) in [7, 11) is -1.18. The van der Waals surface area contributed by atoms with E-state index in [-0.39, 0.29) is 0 Å². The molecule has 0 radical (unpaired) electrons. The molecule has 3 nitrogen and oxygen atoms in total. The zero-order chi connectivity index (χ0) is 13.1. The van der Waals surface area contributed by atoms with Crippen molar-refractivity contribution in [3.8, 4) is 0 Å². The molecule has 5 heteroatoms. The van der Waals surface area contributed by atoms with Crippen LogP contribution in [0.4, 0.5) is 5.69 Å². The van der Waals surface area contributed by atoms with Gasteiger partial charge in [-0.15, -0.1) is 0 Å². The highest BCUT2D eigenvalue weighted by Crippen LogP contribution is 2.23. The SMILES string of the molecule is Cc1cccc(CS(=O)c2cc(Br)ccc2N)n1. The third-order valence-corrected chi connectivity index (χ3v) is 4.34. The Morgan fingerprint density at radius 2 is 2.11 bits per heavy atom. The average Bonchev–Trinajstić information content (AvgIpc) is 2.32. The number of nitrogen functional groups attached to an aromatic ring is 1. The van der Waals surface area contributed by atoms with Gasteiger partial charge in [-0.25, -0.2) is 0 Å². The van der Waals surface area contributed by atoms with Gasteiger partial charge in [0.25, 0.3) is 0 Å². The molecule has 1 unspecified atom stereocenters. The quantitative estimate of drug-likeness (QED) is 0.883. The number of benzene rings is 1. The number of rotatable bonds is 3. The number of hydrogen-bond donors (Lipinski definition) is 1. The molecule has 2 N–H and O–H groups in total. The smallest absolute Gasteiger partial charge is 0.0706 e. The van der Waals surface area contributed by atoms with Crippen LogP contribution in [0.15, 0.2) is 45.8 Å². The fraction of sp³-hybridized carbons (Fsp3) is 0.154. The lowest BCUT2D eigenvalue weighted by molar-refractivity contribution is 0.682. The topological polar surface area (TPSA) is 56.0 Å². The van der Waals surface area contributed by atoms with E-state index in [0.29, 0.717) is 16.3 Å². The van der Waals surface area contributed by atoms with Crippen LogP contribution < -0.4 is 5.73 Å². The summed E-state index contributed by atoms with van der Waals surface area (Å²) in [4.78, 5) is 4.99. The average molecular weight is 325 g/mol. The summed E-state index contributed by atoms with van der Waals surface area (Å²) in [6.45, 7) is 1.92. The summed E-state index contributed by atoms with van der Waals surface area (Å²) in [6.07, 6.45) is 0. The minimum atomic E-state index is -1.18. The molecule has 0 bridgehead atoms. The zero-order valence-electron chi connectivity index (χ0n) is 9.89. The second-order valence-electron chi connectivity index (χ2n) is 3.94. The molecule has 1 atom stereocenters. The molecular weight excluding hydrogens is 312 g/mol. The van der Waals surface area contributed by atoms with Crippen LogP contribution in [0.2, 0.25) is 0 Å². The first-order chi connectivity index (χ1) is 8.56. The van der Waals surface area contributed by atoms with Crippen LogP contribution >= 0.6 is 15.9 Å². The Morgan fingerprint density at radius 3 is 2.83 bits per heavy atom. The van der Waals surface area contributed by atoms with Gasteiger partial charge in [-0.1, -0.05) is 22.0 Å². The van der Waals surface area contributed by atoms with Crippen molar-refractivity contribution in [3.05, 3.63) is 52.3 Å². The Morgan fingerprint density at radius 1 is 1.33 bits per heavy atom. The standard InChI is InChI=1S/C13H13BrN2OS/c1-9-3-2-4-11(16-9)8-18(17)13-7-10(14)5-6-12(13)15/h2-7H,8,15H2,1H3. The van der Waals surface area contributed by atoms with Crippen LogP contribution in [-0.2, 0) is 16.6 Å². The molecule has 2 rings (SSSR count). The van der Waals surface area contributed by atoms with Crippen LogP contribution in [0.25, 0.3) is 0 Å². The van der Waals surface area contributed by atoms with E-state index in [9.17, 15) is 4.21 Å². The fourth-order valence-electron chi connectivity index (χ4n) is 1.60. The molecule has 0 saturated carbocycles. The van der Waals surface area contributed by atoms with Gasteiger partial charge in [0, 0.05) is 15.9 Å². The van der Waals surface area contributed by atoms with Crippen molar-refractivity contribution < 1.29 is 4.21 Å². The van der Waals surface area contributed by atoms with Crippen LogP contribution in [0.5, 0.6) is 0 Å². The Kier molecular flexibility index (Phi) is 4.14. The van der Waals surface area contributed by atoms with Gasteiger partial charge in [-0.3, -0.25) is 9.19 Å². The van der Waals surface area contributed by atoms with Gasteiger partial charge in [-0.05, 0) is 37.3 Å². The molecule has 0 aliphatic rings. The predicted octanol–water partition coefficient (Wildman–Crippen LogP) is 3.04. The Bertz CT molecular complexity index is 601. The molecule has 2 aromatic rings. The maximum absolute atomic E-state index is 12.3. The van der Waals surface area contributed by atoms with Gasteiger partial charge in [-0.2, -0.15) is 0 Å². The second kappa shape index (κ2) is 5.63. The minimum absolute atomic E-state index is 0.377. The van der Waals surface area contributed by atoms with E-state index in [1.807, 2.05) is 31.2 Å². The van der Waals surface area contributed by atoms with Crippen molar-refractivity contribution in [1.82, 2.24) is 4.98 Å². The van der Waals surface area contributed by atoms with Gasteiger partial charge >= 0.3 is 0 Å². The monoisotopic (exact) mass is 324 g/mol. The van der Waals surface area contributed by atoms with Crippen molar-refractivity contribution in [2.45, 2.75) is 17.6 Å². The van der Waals surface area contributed by atoms with E-state index in [2.05, 4.69) is 20.9 Å². The molecule has 1 aromatic heterocycles. The molecule has 0 aliphatic carbocycles. The van der Waals surface area contributed by atoms with Gasteiger partial charge < -0.3 is 5.73 Å². The number of nitrogens with two attached hydrogens (primary N) is 1. The molecule has 0 spiro atoms. The number of hydrogen-bond acceptors (Lipinski definition) is 3. The van der Waals surface area contributed by atoms with Crippen molar-refractivity contribution in [3.63, 3.8) is 0 Å². The lowest BCUT2D eigenvalue weighted by Crippen LogP contribution is -2.02. The van der Waals surface area contributed by atoms with Gasteiger partial charge in [0.2, 0.25) is 0 Å². The molecule has 1 heterocycles. The molecule has 0 amide bonds. The lowest BCUT2D eigenvalue weighted by atomic mass is 10.3. The van der Waals surface area contributed by atoms with Gasteiger partial charge in [0.1, 0.15) is 0 Å². The predicted molar refractivity (Wildman–Crippen MR) is 77.6 cm³/mol. The summed E-state index contributed by atoms with van der Waals surface area (Å²) in [5.41, 5.74) is 8.12. The normalized spacial score (nSPS) is 12.3. The fourth-order valence-corrected chi connectivity index (χ4v) is 3.28. The number of pyridine rings is 1. The highest BCUT2D eigenvalue weighted by molar-refractivity contribution is 9.10. The van der Waals surface area contributed by atoms with E-state index >= 15 is 0 Å². The van der Waals surface area contributed by atoms with Crippen molar-refractivity contribution in [1.29, 1.82) is 0 Å². The number of aromatic nitrogens is 1. The van der Waals surface area contributed by atoms with Crippen molar-refractivity contribution >= 4 is 32.4 Å². The van der Waals surface area contributed by atoms with E-state index in [0.717, 1.165) is 15.9 Å². The summed E-state index contributed by atoms with van der Waals surface area (Å²) in [5, 5.41) is 0. The van der Waals surface area contributed by atoms with Crippen LogP contribution in [0.1, 0.15) is 11.4 Å². The van der Waals surface area contributed by atoms with Gasteiger partial charge in [0.15, 0.2) is 0 Å². The first kappa shape index (κ1) is 13.2. The Labute approximate surface area is 117 Å². The highest BCUT2D eigenvalue weighted by atomic mass is 79.9. The zero-order valence-corrected chi connectivity index (χ0v) is 12.3.